The van der Waals surface area contributed by atoms with Gasteiger partial charge in [0.1, 0.15) is 0 Å². The largest absolute Gasteiger partial charge is 0.469 e. The number of ether oxygens (including phenoxy) is 1. The normalized spacial score (nSPS) is 13.1. The van der Waals surface area contributed by atoms with Gasteiger partial charge in [0.05, 0.1) is 13.0 Å². The van der Waals surface area contributed by atoms with Gasteiger partial charge in [-0.05, 0) is 35.0 Å². The van der Waals surface area contributed by atoms with Crippen LogP contribution in [0.1, 0.15) is 18.7 Å². The van der Waals surface area contributed by atoms with Crippen LogP contribution in [0.5, 0.6) is 0 Å². The average Bonchev–Trinajstić information content (AvgIpc) is 2.70. The Kier molecular flexibility index (Phi) is 6.32. The van der Waals surface area contributed by atoms with Crippen LogP contribution in [-0.4, -0.2) is 31.6 Å². The van der Waals surface area contributed by atoms with Crippen LogP contribution >= 0.6 is 27.3 Å². The van der Waals surface area contributed by atoms with Crippen molar-refractivity contribution in [1.29, 1.82) is 0 Å². The molecule has 5 heteroatoms. The van der Waals surface area contributed by atoms with Gasteiger partial charge in [0, 0.05) is 27.8 Å². The van der Waals surface area contributed by atoms with Gasteiger partial charge < -0.3 is 9.64 Å². The number of esters is 1. The zero-order valence-electron chi connectivity index (χ0n) is 11.3. The van der Waals surface area contributed by atoms with Crippen LogP contribution < -0.4 is 0 Å². The SMILES string of the molecule is COC(=O)C(CN(C)Cc1cc(Br)cs1)C(C)C. The van der Waals surface area contributed by atoms with E-state index in [4.69, 9.17) is 4.74 Å². The molecule has 1 atom stereocenters. The fourth-order valence-corrected chi connectivity index (χ4v) is 3.34. The first kappa shape index (κ1) is 15.7. The third-order valence-electron chi connectivity index (χ3n) is 2.86. The lowest BCUT2D eigenvalue weighted by molar-refractivity contribution is -0.147. The molecule has 0 radical (unpaired) electrons. The predicted octanol–water partition coefficient (Wildman–Crippen LogP) is 3.39. The molecular formula is C13H20BrNO2S. The molecule has 1 aromatic heterocycles. The Labute approximate surface area is 121 Å². The minimum atomic E-state index is -0.121. The van der Waals surface area contributed by atoms with E-state index >= 15 is 0 Å². The van der Waals surface area contributed by atoms with Gasteiger partial charge in [-0.3, -0.25) is 4.79 Å². The van der Waals surface area contributed by atoms with Gasteiger partial charge in [0.2, 0.25) is 0 Å². The molecule has 0 aromatic carbocycles. The Morgan fingerprint density at radius 2 is 2.22 bits per heavy atom. The van der Waals surface area contributed by atoms with E-state index in [2.05, 4.69) is 46.1 Å². The lowest BCUT2D eigenvalue weighted by Crippen LogP contribution is -2.33. The molecule has 102 valence electrons. The van der Waals surface area contributed by atoms with Crippen molar-refractivity contribution in [3.8, 4) is 0 Å². The maximum atomic E-state index is 11.7. The van der Waals surface area contributed by atoms with Crippen LogP contribution in [0.4, 0.5) is 0 Å². The summed E-state index contributed by atoms with van der Waals surface area (Å²) in [5.41, 5.74) is 0. The molecule has 1 unspecified atom stereocenters. The van der Waals surface area contributed by atoms with Gasteiger partial charge in [0.25, 0.3) is 0 Å². The van der Waals surface area contributed by atoms with Crippen molar-refractivity contribution in [1.82, 2.24) is 4.90 Å². The first-order valence-corrected chi connectivity index (χ1v) is 7.60. The second kappa shape index (κ2) is 7.26. The number of hydrogen-bond acceptors (Lipinski definition) is 4. The zero-order valence-corrected chi connectivity index (χ0v) is 13.7. The van der Waals surface area contributed by atoms with Crippen molar-refractivity contribution >= 4 is 33.2 Å². The molecule has 0 saturated carbocycles. The summed E-state index contributed by atoms with van der Waals surface area (Å²) >= 11 is 5.17. The Morgan fingerprint density at radius 1 is 1.56 bits per heavy atom. The Bertz CT molecular complexity index is 392. The standard InChI is InChI=1S/C13H20BrNO2S/c1-9(2)12(13(16)17-4)7-15(3)6-11-5-10(14)8-18-11/h5,8-9,12H,6-7H2,1-4H3. The Balaban J connectivity index is 2.56. The third kappa shape index (κ3) is 4.71. The fourth-order valence-electron chi connectivity index (χ4n) is 1.81. The molecule has 0 saturated heterocycles. The smallest absolute Gasteiger partial charge is 0.310 e. The second-order valence-electron chi connectivity index (χ2n) is 4.80. The van der Waals surface area contributed by atoms with E-state index in [9.17, 15) is 4.79 Å². The number of carbonyl (C=O) groups excluding carboxylic acids is 1. The Hall–Kier alpha value is -0.390. The average molecular weight is 334 g/mol. The summed E-state index contributed by atoms with van der Waals surface area (Å²) in [4.78, 5) is 15.1. The summed E-state index contributed by atoms with van der Waals surface area (Å²) < 4.78 is 5.97. The summed E-state index contributed by atoms with van der Waals surface area (Å²) in [5.74, 6) is 0.0996. The quantitative estimate of drug-likeness (QED) is 0.747. The van der Waals surface area contributed by atoms with Crippen LogP contribution in [0, 0.1) is 11.8 Å². The molecule has 0 bridgehead atoms. The molecule has 1 aromatic rings. The highest BCUT2D eigenvalue weighted by molar-refractivity contribution is 9.10. The molecule has 0 spiro atoms. The zero-order chi connectivity index (χ0) is 13.7. The van der Waals surface area contributed by atoms with Gasteiger partial charge in [-0.15, -0.1) is 11.3 Å². The number of nitrogens with zero attached hydrogens (tertiary/aromatic N) is 1. The van der Waals surface area contributed by atoms with Crippen molar-refractivity contribution in [3.05, 3.63) is 20.8 Å². The number of hydrogen-bond donors (Lipinski definition) is 0. The molecule has 0 aliphatic carbocycles. The summed E-state index contributed by atoms with van der Waals surface area (Å²) in [6, 6.07) is 2.11. The molecular weight excluding hydrogens is 314 g/mol. The van der Waals surface area contributed by atoms with Crippen molar-refractivity contribution < 1.29 is 9.53 Å². The number of thiophene rings is 1. The topological polar surface area (TPSA) is 29.5 Å². The van der Waals surface area contributed by atoms with Crippen LogP contribution in [0.25, 0.3) is 0 Å². The highest BCUT2D eigenvalue weighted by Gasteiger charge is 2.24. The predicted molar refractivity (Wildman–Crippen MR) is 78.7 cm³/mol. The number of carbonyl (C=O) groups is 1. The molecule has 0 fully saturated rings. The first-order chi connectivity index (χ1) is 8.43. The summed E-state index contributed by atoms with van der Waals surface area (Å²) in [6.07, 6.45) is 0. The van der Waals surface area contributed by atoms with E-state index in [-0.39, 0.29) is 17.8 Å². The van der Waals surface area contributed by atoms with E-state index < -0.39 is 0 Å². The molecule has 1 heterocycles. The van der Waals surface area contributed by atoms with E-state index in [0.29, 0.717) is 0 Å². The van der Waals surface area contributed by atoms with Crippen molar-refractivity contribution in [2.24, 2.45) is 11.8 Å². The molecule has 0 aliphatic rings. The van der Waals surface area contributed by atoms with Crippen molar-refractivity contribution in [2.45, 2.75) is 20.4 Å². The van der Waals surface area contributed by atoms with E-state index in [1.54, 1.807) is 11.3 Å². The lowest BCUT2D eigenvalue weighted by atomic mass is 9.95. The van der Waals surface area contributed by atoms with Gasteiger partial charge in [-0.1, -0.05) is 13.8 Å². The van der Waals surface area contributed by atoms with E-state index in [1.807, 2.05) is 7.05 Å². The van der Waals surface area contributed by atoms with Gasteiger partial charge >= 0.3 is 5.97 Å². The third-order valence-corrected chi connectivity index (χ3v) is 4.55. The Morgan fingerprint density at radius 3 is 2.67 bits per heavy atom. The minimum absolute atomic E-state index is 0.0663. The molecule has 18 heavy (non-hydrogen) atoms. The molecule has 0 amide bonds. The minimum Gasteiger partial charge on any atom is -0.469 e. The van der Waals surface area contributed by atoms with Crippen molar-refractivity contribution in [2.75, 3.05) is 20.7 Å². The highest BCUT2D eigenvalue weighted by Crippen LogP contribution is 2.22. The second-order valence-corrected chi connectivity index (χ2v) is 6.71. The maximum absolute atomic E-state index is 11.7. The van der Waals surface area contributed by atoms with Crippen LogP contribution in [0.2, 0.25) is 0 Å². The lowest BCUT2D eigenvalue weighted by Gasteiger charge is -2.24. The number of methoxy groups -OCH3 is 1. The maximum Gasteiger partial charge on any atom is 0.310 e. The summed E-state index contributed by atoms with van der Waals surface area (Å²) in [6.45, 7) is 5.69. The first-order valence-electron chi connectivity index (χ1n) is 5.93. The van der Waals surface area contributed by atoms with Crippen LogP contribution in [0.3, 0.4) is 0 Å². The van der Waals surface area contributed by atoms with E-state index in [0.717, 1.165) is 17.6 Å². The van der Waals surface area contributed by atoms with Crippen molar-refractivity contribution in [3.63, 3.8) is 0 Å². The molecule has 0 aliphatic heterocycles. The number of halogens is 1. The fraction of sp³-hybridized carbons (Fsp3) is 0.615. The number of rotatable bonds is 6. The monoisotopic (exact) mass is 333 g/mol. The molecule has 1 rings (SSSR count). The van der Waals surface area contributed by atoms with Gasteiger partial charge in [0.15, 0.2) is 0 Å². The molecule has 0 N–H and O–H groups in total. The summed E-state index contributed by atoms with van der Waals surface area (Å²) in [7, 11) is 3.49. The van der Waals surface area contributed by atoms with Gasteiger partial charge in [-0.25, -0.2) is 0 Å². The van der Waals surface area contributed by atoms with Crippen LogP contribution in [0.15, 0.2) is 15.9 Å². The van der Waals surface area contributed by atoms with Crippen LogP contribution in [-0.2, 0) is 16.1 Å². The molecule has 3 nitrogen and oxygen atoms in total. The van der Waals surface area contributed by atoms with E-state index in [1.165, 1.54) is 12.0 Å². The van der Waals surface area contributed by atoms with Gasteiger partial charge in [-0.2, -0.15) is 0 Å². The summed E-state index contributed by atoms with van der Waals surface area (Å²) in [5, 5.41) is 2.07. The highest BCUT2D eigenvalue weighted by atomic mass is 79.9.